The lowest BCUT2D eigenvalue weighted by atomic mass is 10.2. The van der Waals surface area contributed by atoms with Crippen molar-refractivity contribution in [3.63, 3.8) is 0 Å². The second-order valence-corrected chi connectivity index (χ2v) is 5.48. The van der Waals surface area contributed by atoms with Gasteiger partial charge in [0, 0.05) is 10.7 Å². The van der Waals surface area contributed by atoms with E-state index in [9.17, 15) is 0 Å². The molecule has 1 aromatic heterocycles. The summed E-state index contributed by atoms with van der Waals surface area (Å²) in [5, 5.41) is 12.0. The Labute approximate surface area is 122 Å². The van der Waals surface area contributed by atoms with Gasteiger partial charge in [-0.3, -0.25) is 0 Å². The molecule has 1 aromatic carbocycles. The van der Waals surface area contributed by atoms with Crippen LogP contribution in [0.15, 0.2) is 39.4 Å². The zero-order valence-corrected chi connectivity index (χ0v) is 12.7. The molecule has 1 heterocycles. The first-order valence-corrected chi connectivity index (χ1v) is 6.77. The quantitative estimate of drug-likeness (QED) is 0.849. The molecule has 0 aliphatic carbocycles. The summed E-state index contributed by atoms with van der Waals surface area (Å²) < 4.78 is 1.73. The van der Waals surface area contributed by atoms with Crippen LogP contribution in [0.5, 0.6) is 0 Å². The lowest BCUT2D eigenvalue weighted by Crippen LogP contribution is -1.96. The Morgan fingerprint density at radius 3 is 2.61 bits per heavy atom. The van der Waals surface area contributed by atoms with E-state index in [1.807, 2.05) is 19.1 Å². The first-order chi connectivity index (χ1) is 8.60. The molecule has 1 N–H and O–H groups in total. The van der Waals surface area contributed by atoms with E-state index in [0.29, 0.717) is 5.56 Å². The van der Waals surface area contributed by atoms with Crippen molar-refractivity contribution in [2.75, 3.05) is 5.32 Å². The third-order valence-corrected chi connectivity index (χ3v) is 3.59. The number of pyridine rings is 1. The number of hydrogen-bond donors (Lipinski definition) is 1. The summed E-state index contributed by atoms with van der Waals surface area (Å²) in [7, 11) is 0. The molecule has 3 nitrogen and oxygen atoms in total. The standard InChI is InChI=1S/C13H9Br2N3/c1-8-4-11(15)13(17-7-8)18-12-3-2-9(6-16)5-10(12)14/h2-5,7H,1H3,(H,17,18). The molecule has 0 aliphatic rings. The van der Waals surface area contributed by atoms with Crippen LogP contribution in [0.25, 0.3) is 0 Å². The molecule has 0 amide bonds. The molecule has 0 bridgehead atoms. The monoisotopic (exact) mass is 365 g/mol. The molecular weight excluding hydrogens is 358 g/mol. The van der Waals surface area contributed by atoms with Crippen molar-refractivity contribution >= 4 is 43.4 Å². The van der Waals surface area contributed by atoms with E-state index < -0.39 is 0 Å². The summed E-state index contributed by atoms with van der Waals surface area (Å²) in [6.07, 6.45) is 1.80. The van der Waals surface area contributed by atoms with E-state index in [2.05, 4.69) is 48.2 Å². The van der Waals surface area contributed by atoms with Gasteiger partial charge in [-0.15, -0.1) is 0 Å². The zero-order chi connectivity index (χ0) is 13.1. The first kappa shape index (κ1) is 13.1. The molecule has 90 valence electrons. The van der Waals surface area contributed by atoms with Crippen LogP contribution < -0.4 is 5.32 Å². The number of nitrogens with zero attached hydrogens (tertiary/aromatic N) is 2. The molecular formula is C13H9Br2N3. The number of hydrogen-bond acceptors (Lipinski definition) is 3. The van der Waals surface area contributed by atoms with E-state index in [-0.39, 0.29) is 0 Å². The van der Waals surface area contributed by atoms with Gasteiger partial charge in [0.05, 0.1) is 21.8 Å². The maximum Gasteiger partial charge on any atom is 0.144 e. The maximum atomic E-state index is 8.81. The lowest BCUT2D eigenvalue weighted by Gasteiger charge is -2.10. The molecule has 5 heteroatoms. The van der Waals surface area contributed by atoms with E-state index >= 15 is 0 Å². The predicted molar refractivity (Wildman–Crippen MR) is 78.8 cm³/mol. The van der Waals surface area contributed by atoms with Crippen LogP contribution in [0.4, 0.5) is 11.5 Å². The van der Waals surface area contributed by atoms with Crippen LogP contribution in [-0.2, 0) is 0 Å². The summed E-state index contributed by atoms with van der Waals surface area (Å²) in [4.78, 5) is 4.31. The molecule has 18 heavy (non-hydrogen) atoms. The molecule has 0 atom stereocenters. The van der Waals surface area contributed by atoms with Gasteiger partial charge >= 0.3 is 0 Å². The van der Waals surface area contributed by atoms with Crippen LogP contribution in [0.3, 0.4) is 0 Å². The number of benzene rings is 1. The summed E-state index contributed by atoms with van der Waals surface area (Å²) in [6, 6.07) is 9.46. The molecule has 0 fully saturated rings. The molecule has 0 saturated carbocycles. The highest BCUT2D eigenvalue weighted by atomic mass is 79.9. The molecule has 0 saturated heterocycles. The Bertz CT molecular complexity index is 633. The highest BCUT2D eigenvalue weighted by Crippen LogP contribution is 2.29. The fourth-order valence-corrected chi connectivity index (χ4v) is 2.48. The van der Waals surface area contributed by atoms with E-state index in [0.717, 1.165) is 26.0 Å². The summed E-state index contributed by atoms with van der Waals surface area (Å²) in [5.74, 6) is 0.742. The van der Waals surface area contributed by atoms with Crippen molar-refractivity contribution in [1.82, 2.24) is 4.98 Å². The molecule has 0 spiro atoms. The van der Waals surface area contributed by atoms with Crippen LogP contribution in [0.2, 0.25) is 0 Å². The van der Waals surface area contributed by atoms with Crippen molar-refractivity contribution in [2.24, 2.45) is 0 Å². The van der Waals surface area contributed by atoms with Crippen LogP contribution in [0, 0.1) is 18.3 Å². The van der Waals surface area contributed by atoms with Gasteiger partial charge in [-0.1, -0.05) is 0 Å². The van der Waals surface area contributed by atoms with Gasteiger partial charge in [0.1, 0.15) is 5.82 Å². The van der Waals surface area contributed by atoms with Gasteiger partial charge in [-0.25, -0.2) is 4.98 Å². The first-order valence-electron chi connectivity index (χ1n) is 5.19. The molecule has 0 aliphatic heterocycles. The largest absolute Gasteiger partial charge is 0.338 e. The number of nitriles is 1. The van der Waals surface area contributed by atoms with E-state index in [1.165, 1.54) is 0 Å². The van der Waals surface area contributed by atoms with Crippen molar-refractivity contribution in [3.8, 4) is 6.07 Å². The van der Waals surface area contributed by atoms with E-state index in [4.69, 9.17) is 5.26 Å². The normalized spacial score (nSPS) is 9.89. The van der Waals surface area contributed by atoms with Crippen molar-refractivity contribution in [1.29, 1.82) is 5.26 Å². The van der Waals surface area contributed by atoms with Gasteiger partial charge in [0.25, 0.3) is 0 Å². The topological polar surface area (TPSA) is 48.7 Å². The van der Waals surface area contributed by atoms with E-state index in [1.54, 1.807) is 18.3 Å². The van der Waals surface area contributed by atoms with Gasteiger partial charge in [0.2, 0.25) is 0 Å². The van der Waals surface area contributed by atoms with Crippen LogP contribution in [0.1, 0.15) is 11.1 Å². The highest BCUT2D eigenvalue weighted by Gasteiger charge is 2.05. The van der Waals surface area contributed by atoms with Gasteiger partial charge in [0.15, 0.2) is 0 Å². The Morgan fingerprint density at radius 2 is 2.00 bits per heavy atom. The summed E-state index contributed by atoms with van der Waals surface area (Å²) >= 11 is 6.89. The molecule has 0 radical (unpaired) electrons. The SMILES string of the molecule is Cc1cnc(Nc2ccc(C#N)cc2Br)c(Br)c1. The predicted octanol–water partition coefficient (Wildman–Crippen LogP) is 4.53. The number of nitrogens with one attached hydrogen (secondary N) is 1. The summed E-state index contributed by atoms with van der Waals surface area (Å²) in [6.45, 7) is 1.99. The third-order valence-electron chi connectivity index (χ3n) is 2.33. The lowest BCUT2D eigenvalue weighted by molar-refractivity contribution is 1.24. The minimum absolute atomic E-state index is 0.614. The average Bonchev–Trinajstić information content (AvgIpc) is 2.34. The number of aromatic nitrogens is 1. The number of aryl methyl sites for hydroxylation is 1. The minimum atomic E-state index is 0.614. The fourth-order valence-electron chi connectivity index (χ4n) is 1.44. The third kappa shape index (κ3) is 2.89. The Hall–Kier alpha value is -1.38. The summed E-state index contributed by atoms with van der Waals surface area (Å²) in [5.41, 5.74) is 2.57. The molecule has 2 aromatic rings. The number of anilines is 2. The van der Waals surface area contributed by atoms with Gasteiger partial charge in [-0.2, -0.15) is 5.26 Å². The zero-order valence-electron chi connectivity index (χ0n) is 9.54. The minimum Gasteiger partial charge on any atom is -0.338 e. The highest BCUT2D eigenvalue weighted by molar-refractivity contribution is 9.11. The van der Waals surface area contributed by atoms with Gasteiger partial charge < -0.3 is 5.32 Å². The second kappa shape index (κ2) is 5.51. The van der Waals surface area contributed by atoms with Crippen LogP contribution >= 0.6 is 31.9 Å². The fraction of sp³-hybridized carbons (Fsp3) is 0.0769. The number of rotatable bonds is 2. The Balaban J connectivity index is 2.32. The van der Waals surface area contributed by atoms with Crippen LogP contribution in [-0.4, -0.2) is 4.98 Å². The smallest absolute Gasteiger partial charge is 0.144 e. The Morgan fingerprint density at radius 1 is 1.22 bits per heavy atom. The van der Waals surface area contributed by atoms with Crippen molar-refractivity contribution in [2.45, 2.75) is 6.92 Å². The Kier molecular flexibility index (Phi) is 4.00. The molecule has 2 rings (SSSR count). The van der Waals surface area contributed by atoms with Crippen molar-refractivity contribution < 1.29 is 0 Å². The average molecular weight is 367 g/mol. The molecule has 0 unspecified atom stereocenters. The number of halogens is 2. The van der Waals surface area contributed by atoms with Crippen molar-refractivity contribution in [3.05, 3.63) is 50.5 Å². The maximum absolute atomic E-state index is 8.81. The second-order valence-electron chi connectivity index (χ2n) is 3.77. The van der Waals surface area contributed by atoms with Gasteiger partial charge in [-0.05, 0) is 68.6 Å².